The summed E-state index contributed by atoms with van der Waals surface area (Å²) in [5, 5.41) is 6.74. The van der Waals surface area contributed by atoms with Gasteiger partial charge in [0.2, 0.25) is 5.79 Å². The Labute approximate surface area is 193 Å². The van der Waals surface area contributed by atoms with Crippen molar-refractivity contribution in [3.63, 3.8) is 0 Å². The zero-order valence-corrected chi connectivity index (χ0v) is 18.5. The second-order valence-electron chi connectivity index (χ2n) is 7.52. The number of anilines is 1. The van der Waals surface area contributed by atoms with Crippen LogP contribution in [0.25, 0.3) is 10.9 Å². The SMILES string of the molecule is COc1cc(C)c(C2(N)N=CC=C(Nc3cnc4ccc(OC(F)(F)F)cc4c3)N2)cc1OC. The molecule has 0 amide bonds. The summed E-state index contributed by atoms with van der Waals surface area (Å²) in [5.74, 6) is -0.0538. The van der Waals surface area contributed by atoms with Crippen LogP contribution >= 0.6 is 0 Å². The van der Waals surface area contributed by atoms with Gasteiger partial charge in [-0.05, 0) is 55.0 Å². The summed E-state index contributed by atoms with van der Waals surface area (Å²) in [6.45, 7) is 1.88. The molecule has 4 rings (SSSR count). The minimum Gasteiger partial charge on any atom is -0.493 e. The average molecular weight is 473 g/mol. The lowest BCUT2D eigenvalue weighted by molar-refractivity contribution is -0.274. The Bertz CT molecular complexity index is 1290. The van der Waals surface area contributed by atoms with Crippen LogP contribution in [0.4, 0.5) is 18.9 Å². The Morgan fingerprint density at radius 1 is 1.06 bits per heavy atom. The summed E-state index contributed by atoms with van der Waals surface area (Å²) in [6.07, 6.45) is 0.00785. The molecule has 1 atom stereocenters. The zero-order valence-electron chi connectivity index (χ0n) is 18.5. The summed E-state index contributed by atoms with van der Waals surface area (Å²) >= 11 is 0. The smallest absolute Gasteiger partial charge is 0.493 e. The monoisotopic (exact) mass is 473 g/mol. The fourth-order valence-electron chi connectivity index (χ4n) is 3.64. The number of allylic oxidation sites excluding steroid dienone is 1. The van der Waals surface area contributed by atoms with Crippen molar-refractivity contribution >= 4 is 22.8 Å². The van der Waals surface area contributed by atoms with Gasteiger partial charge in [-0.15, -0.1) is 13.2 Å². The number of aliphatic imine (C=N–C) groups is 1. The van der Waals surface area contributed by atoms with E-state index in [9.17, 15) is 13.2 Å². The Morgan fingerprint density at radius 3 is 2.50 bits per heavy atom. The maximum atomic E-state index is 12.6. The van der Waals surface area contributed by atoms with Crippen molar-refractivity contribution in [1.29, 1.82) is 0 Å². The Hall–Kier alpha value is -3.99. The summed E-state index contributed by atoms with van der Waals surface area (Å²) in [7, 11) is 3.08. The highest BCUT2D eigenvalue weighted by molar-refractivity contribution is 5.83. The molecule has 34 heavy (non-hydrogen) atoms. The molecule has 1 unspecified atom stereocenters. The van der Waals surface area contributed by atoms with E-state index < -0.39 is 12.1 Å². The van der Waals surface area contributed by atoms with Crippen LogP contribution < -0.4 is 30.6 Å². The third-order valence-electron chi connectivity index (χ3n) is 5.15. The van der Waals surface area contributed by atoms with E-state index >= 15 is 0 Å². The van der Waals surface area contributed by atoms with Crippen molar-refractivity contribution in [1.82, 2.24) is 10.3 Å². The highest BCUT2D eigenvalue weighted by Crippen LogP contribution is 2.35. The van der Waals surface area contributed by atoms with Gasteiger partial charge < -0.3 is 24.8 Å². The van der Waals surface area contributed by atoms with Crippen molar-refractivity contribution in [3.05, 3.63) is 65.6 Å². The molecule has 0 bridgehead atoms. The quantitative estimate of drug-likeness (QED) is 0.494. The standard InChI is InChI=1S/C23H22F3N5O3/c1-13-8-19(32-2)20(33-3)11-17(13)22(27)29-7-6-21(31-22)30-15-9-14-10-16(34-23(24,25)26)4-5-18(14)28-12-15/h4-12,30-31H,27H2,1-3H3. The molecule has 4 N–H and O–H groups in total. The molecule has 0 saturated heterocycles. The molecular weight excluding hydrogens is 451 g/mol. The lowest BCUT2D eigenvalue weighted by atomic mass is 10.0. The lowest BCUT2D eigenvalue weighted by Gasteiger charge is -2.33. The molecule has 178 valence electrons. The number of hydrogen-bond acceptors (Lipinski definition) is 8. The number of pyridine rings is 1. The van der Waals surface area contributed by atoms with Gasteiger partial charge in [-0.3, -0.25) is 10.7 Å². The number of fused-ring (bicyclic) bond motifs is 1. The molecule has 0 saturated carbocycles. The Balaban J connectivity index is 1.58. The number of benzene rings is 2. The second kappa shape index (κ2) is 8.75. The van der Waals surface area contributed by atoms with Crippen LogP contribution in [-0.4, -0.2) is 31.8 Å². The number of hydrogen-bond donors (Lipinski definition) is 3. The van der Waals surface area contributed by atoms with Crippen LogP contribution in [0.1, 0.15) is 11.1 Å². The van der Waals surface area contributed by atoms with Crippen LogP contribution in [0, 0.1) is 6.92 Å². The first-order valence-electron chi connectivity index (χ1n) is 10.1. The van der Waals surface area contributed by atoms with Crippen molar-refractivity contribution in [2.24, 2.45) is 10.7 Å². The van der Waals surface area contributed by atoms with Gasteiger partial charge in [0.15, 0.2) is 11.5 Å². The number of alkyl halides is 3. The third kappa shape index (κ3) is 4.84. The molecule has 11 heteroatoms. The van der Waals surface area contributed by atoms with Crippen LogP contribution in [-0.2, 0) is 5.79 Å². The third-order valence-corrected chi connectivity index (χ3v) is 5.15. The normalized spacial score (nSPS) is 17.7. The predicted molar refractivity (Wildman–Crippen MR) is 122 cm³/mol. The van der Waals surface area contributed by atoms with E-state index in [1.165, 1.54) is 25.3 Å². The van der Waals surface area contributed by atoms with Crippen molar-refractivity contribution in [2.45, 2.75) is 19.1 Å². The van der Waals surface area contributed by atoms with Crippen LogP contribution in [0.15, 0.2) is 59.5 Å². The number of halogens is 3. The van der Waals surface area contributed by atoms with Crippen molar-refractivity contribution < 1.29 is 27.4 Å². The van der Waals surface area contributed by atoms with Crippen molar-refractivity contribution in [2.75, 3.05) is 19.5 Å². The first-order valence-corrected chi connectivity index (χ1v) is 10.1. The number of aryl methyl sites for hydroxylation is 1. The largest absolute Gasteiger partial charge is 0.573 e. The summed E-state index contributed by atoms with van der Waals surface area (Å²) < 4.78 is 52.4. The molecule has 0 fully saturated rings. The number of ether oxygens (including phenoxy) is 3. The minimum atomic E-state index is -4.78. The van der Waals surface area contributed by atoms with Crippen LogP contribution in [0.5, 0.6) is 17.2 Å². The molecule has 2 heterocycles. The summed E-state index contributed by atoms with van der Waals surface area (Å²) in [6, 6.07) is 9.15. The highest BCUT2D eigenvalue weighted by atomic mass is 19.4. The van der Waals surface area contributed by atoms with E-state index in [0.29, 0.717) is 39.5 Å². The fraction of sp³-hybridized carbons (Fsp3) is 0.217. The van der Waals surface area contributed by atoms with Gasteiger partial charge in [-0.25, -0.2) is 4.99 Å². The molecule has 1 aromatic heterocycles. The van der Waals surface area contributed by atoms with Crippen molar-refractivity contribution in [3.8, 4) is 17.2 Å². The maximum Gasteiger partial charge on any atom is 0.573 e. The van der Waals surface area contributed by atoms with E-state index in [1.807, 2.05) is 6.92 Å². The molecular formula is C23H22F3N5O3. The Kier molecular flexibility index (Phi) is 5.96. The summed E-state index contributed by atoms with van der Waals surface area (Å²) in [4.78, 5) is 8.69. The van der Waals surface area contributed by atoms with E-state index in [0.717, 1.165) is 5.56 Å². The number of nitrogens with one attached hydrogen (secondary N) is 2. The lowest BCUT2D eigenvalue weighted by Crippen LogP contribution is -2.51. The van der Waals surface area contributed by atoms with Gasteiger partial charge in [-0.1, -0.05) is 0 Å². The molecule has 1 aliphatic heterocycles. The fourth-order valence-corrected chi connectivity index (χ4v) is 3.64. The average Bonchev–Trinajstić information content (AvgIpc) is 2.77. The topological polar surface area (TPSA) is 103 Å². The van der Waals surface area contributed by atoms with Crippen LogP contribution in [0.3, 0.4) is 0 Å². The number of aromatic nitrogens is 1. The van der Waals surface area contributed by atoms with E-state index in [2.05, 4.69) is 25.3 Å². The van der Waals surface area contributed by atoms with Gasteiger partial charge in [0, 0.05) is 17.2 Å². The van der Waals surface area contributed by atoms with Gasteiger partial charge in [0.1, 0.15) is 11.6 Å². The second-order valence-corrected chi connectivity index (χ2v) is 7.52. The first kappa shape index (κ1) is 23.2. The van der Waals surface area contributed by atoms with Gasteiger partial charge >= 0.3 is 6.36 Å². The number of methoxy groups -OCH3 is 2. The van der Waals surface area contributed by atoms with Gasteiger partial charge in [0.05, 0.1) is 31.6 Å². The molecule has 8 nitrogen and oxygen atoms in total. The predicted octanol–water partition coefficient (Wildman–Crippen LogP) is 4.16. The molecule has 0 aliphatic carbocycles. The number of nitrogens with two attached hydrogens (primary N) is 1. The van der Waals surface area contributed by atoms with E-state index in [4.69, 9.17) is 15.2 Å². The number of nitrogens with zero attached hydrogens (tertiary/aromatic N) is 2. The Morgan fingerprint density at radius 2 is 1.79 bits per heavy atom. The minimum absolute atomic E-state index is 0.328. The first-order chi connectivity index (χ1) is 16.1. The summed E-state index contributed by atoms with van der Waals surface area (Å²) in [5.41, 5.74) is 9.12. The molecule has 3 aromatic rings. The highest BCUT2D eigenvalue weighted by Gasteiger charge is 2.32. The molecule has 0 spiro atoms. The molecule has 2 aromatic carbocycles. The van der Waals surface area contributed by atoms with E-state index in [1.54, 1.807) is 43.8 Å². The van der Waals surface area contributed by atoms with Crippen LogP contribution in [0.2, 0.25) is 0 Å². The molecule has 1 aliphatic rings. The molecule has 0 radical (unpaired) electrons. The number of rotatable bonds is 6. The van der Waals surface area contributed by atoms with Gasteiger partial charge in [-0.2, -0.15) is 0 Å². The zero-order chi connectivity index (χ0) is 24.5. The van der Waals surface area contributed by atoms with Gasteiger partial charge in [0.25, 0.3) is 0 Å². The maximum absolute atomic E-state index is 12.6. The van der Waals surface area contributed by atoms with E-state index in [-0.39, 0.29) is 5.75 Å².